The number of sulfonamides is 1. The Morgan fingerprint density at radius 3 is 2.62 bits per heavy atom. The van der Waals surface area contributed by atoms with Crippen LogP contribution in [0.2, 0.25) is 0 Å². The summed E-state index contributed by atoms with van der Waals surface area (Å²) in [6, 6.07) is 18.9. The van der Waals surface area contributed by atoms with Gasteiger partial charge in [0.1, 0.15) is 29.4 Å². The van der Waals surface area contributed by atoms with E-state index < -0.39 is 10.0 Å². The number of rotatable bonds is 9. The van der Waals surface area contributed by atoms with Crippen molar-refractivity contribution in [3.05, 3.63) is 89.5 Å². The molecule has 6 rings (SSSR count). The van der Waals surface area contributed by atoms with Crippen LogP contribution in [-0.4, -0.2) is 50.0 Å². The molecule has 0 amide bonds. The predicted molar refractivity (Wildman–Crippen MR) is 166 cm³/mol. The first kappa shape index (κ1) is 30.8. The summed E-state index contributed by atoms with van der Waals surface area (Å²) in [4.78, 5) is 6.62. The Morgan fingerprint density at radius 2 is 1.91 bits per heavy atom. The van der Waals surface area contributed by atoms with Gasteiger partial charge in [0, 0.05) is 65.8 Å². The molecule has 3 aromatic carbocycles. The Hall–Kier alpha value is -4.25. The van der Waals surface area contributed by atoms with Gasteiger partial charge in [0.2, 0.25) is 5.13 Å². The zero-order chi connectivity index (χ0) is 31.6. The van der Waals surface area contributed by atoms with Gasteiger partial charge in [0.25, 0.3) is 10.0 Å². The highest BCUT2D eigenvalue weighted by molar-refractivity contribution is 7.93. The minimum Gasteiger partial charge on any atom is -0.497 e. The summed E-state index contributed by atoms with van der Waals surface area (Å²) in [5, 5.41) is 9.91. The molecule has 0 unspecified atom stereocenters. The summed E-state index contributed by atoms with van der Waals surface area (Å²) in [7, 11) is -1.05. The van der Waals surface area contributed by atoms with Crippen molar-refractivity contribution >= 4 is 26.7 Å². The molecule has 2 aliphatic heterocycles. The van der Waals surface area contributed by atoms with E-state index in [1.54, 1.807) is 49.6 Å². The van der Waals surface area contributed by atoms with Crippen LogP contribution in [0.15, 0.2) is 71.9 Å². The molecule has 0 aliphatic carbocycles. The first-order valence-corrected chi connectivity index (χ1v) is 16.7. The van der Waals surface area contributed by atoms with Crippen molar-refractivity contribution in [2.45, 2.75) is 42.8 Å². The highest BCUT2D eigenvalue weighted by atomic mass is 32.2. The molecule has 3 atom stereocenters. The third-order valence-electron chi connectivity index (χ3n) is 8.43. The van der Waals surface area contributed by atoms with Crippen molar-refractivity contribution in [1.29, 1.82) is 5.26 Å². The minimum atomic E-state index is -4.12. The molecule has 0 saturated carbocycles. The lowest BCUT2D eigenvalue weighted by Gasteiger charge is -2.44. The van der Waals surface area contributed by atoms with Crippen LogP contribution in [0.1, 0.15) is 48.0 Å². The molecule has 0 spiro atoms. The average Bonchev–Trinajstić information content (AvgIpc) is 3.61. The molecule has 0 N–H and O–H groups in total. The van der Waals surface area contributed by atoms with Gasteiger partial charge in [-0.05, 0) is 48.7 Å². The summed E-state index contributed by atoms with van der Waals surface area (Å²) in [6.45, 7) is 1.04. The third kappa shape index (κ3) is 6.18. The van der Waals surface area contributed by atoms with E-state index >= 15 is 0 Å². The SMILES string of the molecule is COc1ccc(CN(c2ncns2)S(=O)(=O)c2ccc3c(c2)OCC[C@@H]3N2CC[C@@H](C#N)C[C@H]2c2ccc(F)cc2)c(OC)c1. The fourth-order valence-corrected chi connectivity index (χ4v) is 8.28. The van der Waals surface area contributed by atoms with Crippen molar-refractivity contribution in [3.8, 4) is 23.3 Å². The van der Waals surface area contributed by atoms with Crippen LogP contribution in [0.3, 0.4) is 0 Å². The van der Waals surface area contributed by atoms with Crippen molar-refractivity contribution in [1.82, 2.24) is 14.3 Å². The number of methoxy groups -OCH3 is 2. The lowest BCUT2D eigenvalue weighted by molar-refractivity contribution is 0.0550. The number of halogens is 1. The fourth-order valence-electron chi connectivity index (χ4n) is 6.14. The van der Waals surface area contributed by atoms with Crippen molar-refractivity contribution in [3.63, 3.8) is 0 Å². The molecule has 45 heavy (non-hydrogen) atoms. The number of benzene rings is 3. The van der Waals surface area contributed by atoms with Gasteiger partial charge in [-0.15, -0.1) is 0 Å². The summed E-state index contributed by atoms with van der Waals surface area (Å²) >= 11 is 0.978. The second kappa shape index (κ2) is 13.0. The number of piperidine rings is 1. The molecule has 0 radical (unpaired) electrons. The smallest absolute Gasteiger partial charge is 0.266 e. The third-order valence-corrected chi connectivity index (χ3v) is 11.0. The van der Waals surface area contributed by atoms with Gasteiger partial charge in [0.05, 0.1) is 38.3 Å². The molecule has 234 valence electrons. The number of fused-ring (bicyclic) bond motifs is 1. The van der Waals surface area contributed by atoms with Crippen molar-refractivity contribution in [2.75, 3.05) is 31.7 Å². The lowest BCUT2D eigenvalue weighted by atomic mass is 9.85. The summed E-state index contributed by atoms with van der Waals surface area (Å²) in [6.07, 6.45) is 3.37. The maximum atomic E-state index is 14.2. The second-order valence-corrected chi connectivity index (χ2v) is 13.5. The molecule has 1 fully saturated rings. The number of likely N-dealkylation sites (tertiary alicyclic amines) is 1. The molecule has 0 bridgehead atoms. The van der Waals surface area contributed by atoms with Gasteiger partial charge in [-0.2, -0.15) is 9.64 Å². The highest BCUT2D eigenvalue weighted by Crippen LogP contribution is 2.45. The van der Waals surface area contributed by atoms with Gasteiger partial charge in [-0.3, -0.25) is 4.90 Å². The van der Waals surface area contributed by atoms with Gasteiger partial charge < -0.3 is 14.2 Å². The van der Waals surface area contributed by atoms with E-state index in [2.05, 4.69) is 20.3 Å². The molecule has 10 nitrogen and oxygen atoms in total. The van der Waals surface area contributed by atoms with E-state index in [4.69, 9.17) is 14.2 Å². The Morgan fingerprint density at radius 1 is 1.09 bits per heavy atom. The summed E-state index contributed by atoms with van der Waals surface area (Å²) in [5.74, 6) is 1.15. The number of hydrogen-bond donors (Lipinski definition) is 0. The van der Waals surface area contributed by atoms with E-state index in [-0.39, 0.29) is 40.4 Å². The second-order valence-electron chi connectivity index (χ2n) is 10.9. The Labute approximate surface area is 265 Å². The van der Waals surface area contributed by atoms with E-state index in [1.165, 1.54) is 29.9 Å². The molecule has 1 aromatic heterocycles. The van der Waals surface area contributed by atoms with E-state index in [0.717, 1.165) is 29.1 Å². The van der Waals surface area contributed by atoms with Crippen LogP contribution >= 0.6 is 11.5 Å². The first-order chi connectivity index (χ1) is 21.8. The van der Waals surface area contributed by atoms with Crippen LogP contribution < -0.4 is 18.5 Å². The monoisotopic (exact) mass is 649 g/mol. The van der Waals surface area contributed by atoms with Crippen LogP contribution in [-0.2, 0) is 16.6 Å². The first-order valence-electron chi connectivity index (χ1n) is 14.5. The molecule has 4 aromatic rings. The topological polar surface area (TPSA) is 118 Å². The average molecular weight is 650 g/mol. The highest BCUT2D eigenvalue weighted by Gasteiger charge is 2.38. The van der Waals surface area contributed by atoms with Crippen LogP contribution in [0, 0.1) is 23.1 Å². The number of hydrogen-bond acceptors (Lipinski definition) is 10. The molecule has 2 aliphatic rings. The number of nitriles is 1. The molecular formula is C32H32FN5O5S2. The number of nitrogens with zero attached hydrogens (tertiary/aromatic N) is 5. The van der Waals surface area contributed by atoms with E-state index in [1.807, 2.05) is 6.07 Å². The van der Waals surface area contributed by atoms with Gasteiger partial charge in [-0.1, -0.05) is 18.2 Å². The zero-order valence-electron chi connectivity index (χ0n) is 24.8. The maximum absolute atomic E-state index is 14.2. The molecular weight excluding hydrogens is 618 g/mol. The number of ether oxygens (including phenoxy) is 3. The molecule has 1 saturated heterocycles. The summed E-state index contributed by atoms with van der Waals surface area (Å²) in [5.41, 5.74) is 2.45. The van der Waals surface area contributed by atoms with Gasteiger partial charge >= 0.3 is 0 Å². The standard InChI is InChI=1S/C32H32FN5O5S2/c1-41-25-8-5-23(30(16-25)42-2)19-38(32-35-20-36-44-32)45(39,40)26-9-10-27-28(12-14-43-31(27)17-26)37-13-11-21(18-34)15-29(37)22-3-6-24(33)7-4-22/h3-10,16-17,20-21,28-29H,11-15,19H2,1-2H3/t21-,28+,29+/m1/s1. The zero-order valence-corrected chi connectivity index (χ0v) is 26.4. The van der Waals surface area contributed by atoms with Crippen molar-refractivity contribution in [2.24, 2.45) is 5.92 Å². The van der Waals surface area contributed by atoms with Crippen molar-refractivity contribution < 1.29 is 27.0 Å². The van der Waals surface area contributed by atoms with E-state index in [0.29, 0.717) is 48.8 Å². The minimum absolute atomic E-state index is 0.0432. The normalized spacial score (nSPS) is 20.0. The summed E-state index contributed by atoms with van der Waals surface area (Å²) < 4.78 is 64.4. The van der Waals surface area contributed by atoms with Crippen LogP contribution in [0.25, 0.3) is 0 Å². The number of anilines is 1. The fraction of sp³-hybridized carbons (Fsp3) is 0.344. The molecule has 13 heteroatoms. The molecule has 3 heterocycles. The lowest BCUT2D eigenvalue weighted by Crippen LogP contribution is -2.41. The Balaban J connectivity index is 1.34. The van der Waals surface area contributed by atoms with E-state index in [9.17, 15) is 18.1 Å². The van der Waals surface area contributed by atoms with Gasteiger partial charge in [0.15, 0.2) is 0 Å². The largest absolute Gasteiger partial charge is 0.497 e. The van der Waals surface area contributed by atoms with Crippen LogP contribution in [0.5, 0.6) is 17.2 Å². The number of aromatic nitrogens is 2. The Kier molecular flexibility index (Phi) is 8.89. The quantitative estimate of drug-likeness (QED) is 0.219. The Bertz CT molecular complexity index is 1800. The van der Waals surface area contributed by atoms with Crippen LogP contribution in [0.4, 0.5) is 9.52 Å². The maximum Gasteiger partial charge on any atom is 0.266 e. The van der Waals surface area contributed by atoms with Gasteiger partial charge in [-0.25, -0.2) is 22.1 Å². The predicted octanol–water partition coefficient (Wildman–Crippen LogP) is 5.89.